The van der Waals surface area contributed by atoms with E-state index in [1.54, 1.807) is 0 Å². The van der Waals surface area contributed by atoms with Crippen molar-refractivity contribution in [2.75, 3.05) is 0 Å². The second-order valence-electron chi connectivity index (χ2n) is 15.6. The number of para-hydroxylation sites is 3. The Labute approximate surface area is 354 Å². The van der Waals surface area contributed by atoms with Crippen molar-refractivity contribution < 1.29 is 0 Å². The summed E-state index contributed by atoms with van der Waals surface area (Å²) >= 11 is 1.83. The molecule has 0 aliphatic heterocycles. The van der Waals surface area contributed by atoms with E-state index in [0.29, 0.717) is 17.5 Å². The van der Waals surface area contributed by atoms with E-state index < -0.39 is 0 Å². The second kappa shape index (κ2) is 13.3. The van der Waals surface area contributed by atoms with Crippen LogP contribution in [0.3, 0.4) is 0 Å². The molecule has 0 bridgehead atoms. The van der Waals surface area contributed by atoms with Crippen molar-refractivity contribution in [2.45, 2.75) is 0 Å². The lowest BCUT2D eigenvalue weighted by atomic mass is 10.1. The van der Waals surface area contributed by atoms with Crippen molar-refractivity contribution in [2.24, 2.45) is 0 Å². The fourth-order valence-corrected chi connectivity index (χ4v) is 10.6. The van der Waals surface area contributed by atoms with Gasteiger partial charge in [0.15, 0.2) is 17.5 Å². The summed E-state index contributed by atoms with van der Waals surface area (Å²) in [6.07, 6.45) is 0. The summed E-state index contributed by atoms with van der Waals surface area (Å²) in [6, 6.07) is 71.4. The summed E-state index contributed by atoms with van der Waals surface area (Å²) < 4.78 is 7.21. The van der Waals surface area contributed by atoms with Crippen molar-refractivity contribution in [3.8, 4) is 45.5 Å². The van der Waals surface area contributed by atoms with Gasteiger partial charge in [-0.2, -0.15) is 0 Å². The first-order valence-corrected chi connectivity index (χ1v) is 21.3. The molecule has 13 aromatic rings. The van der Waals surface area contributed by atoms with Crippen molar-refractivity contribution in [1.29, 1.82) is 0 Å². The molecule has 0 N–H and O–H groups in total. The highest BCUT2D eigenvalue weighted by molar-refractivity contribution is 7.26. The van der Waals surface area contributed by atoms with Crippen LogP contribution in [0.4, 0.5) is 0 Å². The van der Waals surface area contributed by atoms with E-state index in [1.165, 1.54) is 69.2 Å². The zero-order valence-corrected chi connectivity index (χ0v) is 33.5. The molecule has 5 nitrogen and oxygen atoms in total. The highest BCUT2D eigenvalue weighted by Crippen LogP contribution is 2.43. The van der Waals surface area contributed by atoms with Gasteiger partial charge in [-0.05, 0) is 65.4 Å². The fraction of sp³-hybridized carbons (Fsp3) is 0. The largest absolute Gasteiger partial charge is 0.309 e. The average Bonchev–Trinajstić information content (AvgIpc) is 3.98. The number of fused-ring (bicyclic) bond motifs is 10. The van der Waals surface area contributed by atoms with Crippen LogP contribution in [0.25, 0.3) is 120 Å². The SMILES string of the molecule is c1ccc(-c2nc(-c3ccc4c(c3)sc3c(-n5c6ccccc6c6cc7ccccc7cc65)cccc34)nc(-c3ccc4c5ccccc5n(-c5ccccc5)c4c3)n2)cc1. The van der Waals surface area contributed by atoms with Crippen LogP contribution in [0.1, 0.15) is 0 Å². The fourth-order valence-electron chi connectivity index (χ4n) is 9.33. The molecule has 6 heteroatoms. The van der Waals surface area contributed by atoms with Gasteiger partial charge in [0.25, 0.3) is 0 Å². The van der Waals surface area contributed by atoms with Crippen molar-refractivity contribution in [3.05, 3.63) is 200 Å². The summed E-state index contributed by atoms with van der Waals surface area (Å²) in [5.41, 5.74) is 9.78. The molecule has 0 saturated heterocycles. The van der Waals surface area contributed by atoms with Crippen LogP contribution in [-0.4, -0.2) is 24.1 Å². The molecular formula is C55H33N5S. The molecule has 0 spiro atoms. The zero-order valence-electron chi connectivity index (χ0n) is 32.7. The van der Waals surface area contributed by atoms with Crippen molar-refractivity contribution in [3.63, 3.8) is 0 Å². The van der Waals surface area contributed by atoms with Gasteiger partial charge in [0, 0.05) is 59.4 Å². The minimum Gasteiger partial charge on any atom is -0.309 e. The Kier molecular flexibility index (Phi) is 7.41. The van der Waals surface area contributed by atoms with E-state index in [2.05, 4.69) is 191 Å². The Bertz CT molecular complexity index is 3880. The summed E-state index contributed by atoms with van der Waals surface area (Å²) in [5.74, 6) is 1.91. The summed E-state index contributed by atoms with van der Waals surface area (Å²) in [5, 5.41) is 9.84. The number of hydrogen-bond donors (Lipinski definition) is 0. The van der Waals surface area contributed by atoms with Gasteiger partial charge in [0.2, 0.25) is 0 Å². The predicted octanol–water partition coefficient (Wildman–Crippen LogP) is 14.6. The average molecular weight is 796 g/mol. The van der Waals surface area contributed by atoms with Gasteiger partial charge in [0.1, 0.15) is 0 Å². The molecule has 13 rings (SSSR count). The maximum absolute atomic E-state index is 5.24. The van der Waals surface area contributed by atoms with E-state index in [4.69, 9.17) is 15.0 Å². The molecular weight excluding hydrogens is 763 g/mol. The molecule has 4 aromatic heterocycles. The number of rotatable bonds is 5. The first-order chi connectivity index (χ1) is 30.2. The van der Waals surface area contributed by atoms with E-state index in [9.17, 15) is 0 Å². The molecule has 0 radical (unpaired) electrons. The van der Waals surface area contributed by atoms with E-state index in [0.717, 1.165) is 33.4 Å². The lowest BCUT2D eigenvalue weighted by Crippen LogP contribution is -2.00. The minimum atomic E-state index is 0.633. The normalized spacial score (nSPS) is 11.9. The Balaban J connectivity index is 0.995. The van der Waals surface area contributed by atoms with Gasteiger partial charge in [-0.1, -0.05) is 146 Å². The number of thiophene rings is 1. The molecule has 0 atom stereocenters. The van der Waals surface area contributed by atoms with E-state index >= 15 is 0 Å². The second-order valence-corrected chi connectivity index (χ2v) is 16.7. The third-order valence-electron chi connectivity index (χ3n) is 12.1. The molecule has 0 saturated carbocycles. The van der Waals surface area contributed by atoms with Crippen molar-refractivity contribution in [1.82, 2.24) is 24.1 Å². The highest BCUT2D eigenvalue weighted by atomic mass is 32.1. The molecule has 0 unspecified atom stereocenters. The monoisotopic (exact) mass is 795 g/mol. The lowest BCUT2D eigenvalue weighted by molar-refractivity contribution is 1.07. The van der Waals surface area contributed by atoms with Crippen LogP contribution in [0, 0.1) is 0 Å². The number of hydrogen-bond acceptors (Lipinski definition) is 4. The zero-order chi connectivity index (χ0) is 40.0. The molecule has 4 heterocycles. The lowest BCUT2D eigenvalue weighted by Gasteiger charge is -2.10. The van der Waals surface area contributed by atoms with Crippen LogP contribution in [0.5, 0.6) is 0 Å². The topological polar surface area (TPSA) is 48.5 Å². The van der Waals surface area contributed by atoms with Gasteiger partial charge < -0.3 is 9.13 Å². The predicted molar refractivity (Wildman–Crippen MR) is 255 cm³/mol. The van der Waals surface area contributed by atoms with Gasteiger partial charge in [0.05, 0.1) is 32.5 Å². The number of benzene rings is 9. The quantitative estimate of drug-likeness (QED) is 0.174. The Morgan fingerprint density at radius 1 is 0.328 bits per heavy atom. The van der Waals surface area contributed by atoms with E-state index in [1.807, 2.05) is 29.5 Å². The Morgan fingerprint density at radius 2 is 0.869 bits per heavy atom. The summed E-state index contributed by atoms with van der Waals surface area (Å²) in [6.45, 7) is 0. The van der Waals surface area contributed by atoms with Crippen LogP contribution in [0.2, 0.25) is 0 Å². The van der Waals surface area contributed by atoms with Gasteiger partial charge in [-0.25, -0.2) is 15.0 Å². The first-order valence-electron chi connectivity index (χ1n) is 20.5. The molecule has 284 valence electrons. The molecule has 9 aromatic carbocycles. The van der Waals surface area contributed by atoms with Crippen LogP contribution in [-0.2, 0) is 0 Å². The molecule has 0 amide bonds. The smallest absolute Gasteiger partial charge is 0.164 e. The summed E-state index contributed by atoms with van der Waals surface area (Å²) in [4.78, 5) is 15.5. The maximum Gasteiger partial charge on any atom is 0.164 e. The first kappa shape index (κ1) is 34.0. The standard InChI is InChI=1S/C55H33N5S/c1-3-14-34(15-4-1)53-56-54(37-26-28-42-40-20-9-11-23-46(40)59(49(42)32-37)39-18-5-2-6-19-39)58-55(57-53)38-27-29-43-44-22-13-25-48(52(44)61-51(43)33-38)60-47-24-12-10-21-41(47)45-30-35-16-7-8-17-36(35)31-50(45)60/h1-33H. The Hall–Kier alpha value is -7.93. The van der Waals surface area contributed by atoms with Crippen LogP contribution in [0.15, 0.2) is 200 Å². The highest BCUT2D eigenvalue weighted by Gasteiger charge is 2.20. The van der Waals surface area contributed by atoms with Gasteiger partial charge in [-0.15, -0.1) is 11.3 Å². The number of nitrogens with zero attached hydrogens (tertiary/aromatic N) is 5. The molecule has 0 fully saturated rings. The van der Waals surface area contributed by atoms with Crippen LogP contribution < -0.4 is 0 Å². The summed E-state index contributed by atoms with van der Waals surface area (Å²) in [7, 11) is 0. The Morgan fingerprint density at radius 3 is 1.62 bits per heavy atom. The van der Waals surface area contributed by atoms with Crippen molar-refractivity contribution >= 4 is 85.9 Å². The maximum atomic E-state index is 5.24. The number of aromatic nitrogens is 5. The van der Waals surface area contributed by atoms with Gasteiger partial charge >= 0.3 is 0 Å². The molecule has 0 aliphatic rings. The molecule has 0 aliphatic carbocycles. The molecule has 61 heavy (non-hydrogen) atoms. The van der Waals surface area contributed by atoms with Crippen LogP contribution >= 0.6 is 11.3 Å². The van der Waals surface area contributed by atoms with Gasteiger partial charge in [-0.3, -0.25) is 0 Å². The third-order valence-corrected chi connectivity index (χ3v) is 13.3. The van der Waals surface area contributed by atoms with E-state index in [-0.39, 0.29) is 0 Å². The minimum absolute atomic E-state index is 0.633. The third kappa shape index (κ3) is 5.29.